The minimum atomic E-state index is -2.99. The van der Waals surface area contributed by atoms with Crippen LogP contribution >= 0.6 is 0 Å². The van der Waals surface area contributed by atoms with Gasteiger partial charge in [0.25, 0.3) is 5.91 Å². The molecule has 1 saturated carbocycles. The number of amides is 1. The van der Waals surface area contributed by atoms with Crippen molar-refractivity contribution >= 4 is 32.8 Å². The highest BCUT2D eigenvalue weighted by molar-refractivity contribution is 7.91. The molecule has 150 valence electrons. The molecule has 1 saturated heterocycles. The molecule has 7 nitrogen and oxygen atoms in total. The smallest absolute Gasteiger partial charge is 0.253 e. The van der Waals surface area contributed by atoms with Crippen molar-refractivity contribution in [2.24, 2.45) is 5.92 Å². The van der Waals surface area contributed by atoms with Crippen LogP contribution < -0.4 is 21.3 Å². The van der Waals surface area contributed by atoms with Crippen LogP contribution in [0.5, 0.6) is 0 Å². The van der Waals surface area contributed by atoms with Crippen LogP contribution in [-0.4, -0.2) is 52.0 Å². The number of hydrogen-bond donors (Lipinski definition) is 3. The highest BCUT2D eigenvalue weighted by Crippen LogP contribution is 2.32. The van der Waals surface area contributed by atoms with E-state index in [2.05, 4.69) is 17.6 Å². The normalized spacial score (nSPS) is 25.0. The van der Waals surface area contributed by atoms with Gasteiger partial charge in [0, 0.05) is 26.2 Å². The molecule has 1 heterocycles. The second-order valence-corrected chi connectivity index (χ2v) is 10.1. The number of rotatable bonds is 4. The number of nitrogens with zero attached hydrogens (tertiary/aromatic N) is 1. The highest BCUT2D eigenvalue weighted by Gasteiger charge is 2.27. The van der Waals surface area contributed by atoms with Crippen LogP contribution in [0.4, 0.5) is 17.1 Å². The van der Waals surface area contributed by atoms with Gasteiger partial charge in [0.05, 0.1) is 34.1 Å². The molecule has 1 amide bonds. The number of anilines is 3. The van der Waals surface area contributed by atoms with Crippen molar-refractivity contribution in [2.75, 3.05) is 47.6 Å². The molecule has 2 fully saturated rings. The van der Waals surface area contributed by atoms with E-state index < -0.39 is 9.84 Å². The summed E-state index contributed by atoms with van der Waals surface area (Å²) in [5, 5.41) is 6.20. The predicted molar refractivity (Wildman–Crippen MR) is 110 cm³/mol. The Hall–Kier alpha value is -1.96. The van der Waals surface area contributed by atoms with E-state index in [9.17, 15) is 13.2 Å². The van der Waals surface area contributed by atoms with Crippen LogP contribution in [0, 0.1) is 5.92 Å². The van der Waals surface area contributed by atoms with Crippen molar-refractivity contribution < 1.29 is 13.2 Å². The first-order chi connectivity index (χ1) is 12.8. The predicted octanol–water partition coefficient (Wildman–Crippen LogP) is 1.85. The van der Waals surface area contributed by atoms with E-state index in [0.717, 1.165) is 43.0 Å². The third-order valence-corrected chi connectivity index (χ3v) is 7.33. The van der Waals surface area contributed by atoms with Crippen LogP contribution in [0.1, 0.15) is 43.0 Å². The van der Waals surface area contributed by atoms with Crippen LogP contribution in [0.2, 0.25) is 0 Å². The van der Waals surface area contributed by atoms with Crippen molar-refractivity contribution in [3.05, 3.63) is 17.7 Å². The maximum absolute atomic E-state index is 13.0. The van der Waals surface area contributed by atoms with Crippen molar-refractivity contribution in [1.82, 2.24) is 5.32 Å². The molecule has 8 heteroatoms. The summed E-state index contributed by atoms with van der Waals surface area (Å²) in [6.45, 7) is 3.02. The van der Waals surface area contributed by atoms with Crippen molar-refractivity contribution in [1.29, 1.82) is 0 Å². The highest BCUT2D eigenvalue weighted by atomic mass is 32.2. The Morgan fingerprint density at radius 3 is 2.37 bits per heavy atom. The summed E-state index contributed by atoms with van der Waals surface area (Å²) >= 11 is 0. The second-order valence-electron chi connectivity index (χ2n) is 7.78. The molecule has 0 radical (unpaired) electrons. The van der Waals surface area contributed by atoms with Crippen molar-refractivity contribution in [3.63, 3.8) is 0 Å². The SMILES string of the molecule is CNc1cc(N2CCS(=O)(=O)CC2)c(C(=O)N[C@H]2CC[C@H](C)CC2)cc1N. The average molecular weight is 395 g/mol. The van der Waals surface area contributed by atoms with E-state index in [1.54, 1.807) is 13.1 Å². The lowest BCUT2D eigenvalue weighted by atomic mass is 9.87. The quantitative estimate of drug-likeness (QED) is 0.673. The number of carbonyl (C=O) groups excluding carboxylic acids is 1. The van der Waals surface area contributed by atoms with Gasteiger partial charge >= 0.3 is 0 Å². The molecule has 0 bridgehead atoms. The van der Waals surface area contributed by atoms with Gasteiger partial charge in [-0.3, -0.25) is 4.79 Å². The summed E-state index contributed by atoms with van der Waals surface area (Å²) in [4.78, 5) is 15.0. The number of nitrogens with one attached hydrogen (secondary N) is 2. The number of sulfone groups is 1. The monoisotopic (exact) mass is 394 g/mol. The topological polar surface area (TPSA) is 105 Å². The molecule has 3 rings (SSSR count). The average Bonchev–Trinajstić information content (AvgIpc) is 2.63. The fraction of sp³-hybridized carbons (Fsp3) is 0.632. The van der Waals surface area contributed by atoms with Gasteiger partial charge in [-0.25, -0.2) is 8.42 Å². The van der Waals surface area contributed by atoms with E-state index in [1.807, 2.05) is 11.0 Å². The summed E-state index contributed by atoms with van der Waals surface area (Å²) in [6, 6.07) is 3.74. The Balaban J connectivity index is 1.84. The third kappa shape index (κ3) is 4.66. The molecule has 1 aromatic rings. The molecule has 0 spiro atoms. The number of nitrogens with two attached hydrogens (primary N) is 1. The van der Waals surface area contributed by atoms with E-state index in [-0.39, 0.29) is 23.5 Å². The van der Waals surface area contributed by atoms with Crippen LogP contribution in [-0.2, 0) is 9.84 Å². The largest absolute Gasteiger partial charge is 0.397 e. The van der Waals surface area contributed by atoms with Gasteiger partial charge in [-0.05, 0) is 43.7 Å². The number of benzene rings is 1. The fourth-order valence-corrected chi connectivity index (χ4v) is 5.09. The summed E-state index contributed by atoms with van der Waals surface area (Å²) in [7, 11) is -1.21. The first kappa shape index (κ1) is 19.8. The Bertz CT molecular complexity index is 787. The molecule has 2 aliphatic rings. The molecule has 0 aromatic heterocycles. The van der Waals surface area contributed by atoms with Gasteiger partial charge in [0.15, 0.2) is 9.84 Å². The second kappa shape index (κ2) is 7.96. The van der Waals surface area contributed by atoms with E-state index in [4.69, 9.17) is 5.73 Å². The summed E-state index contributed by atoms with van der Waals surface area (Å²) in [6.07, 6.45) is 4.24. The van der Waals surface area contributed by atoms with Crippen LogP contribution in [0.3, 0.4) is 0 Å². The summed E-state index contributed by atoms with van der Waals surface area (Å²) in [5.74, 6) is 0.795. The summed E-state index contributed by atoms with van der Waals surface area (Å²) < 4.78 is 23.5. The lowest BCUT2D eigenvalue weighted by Gasteiger charge is -2.32. The molecular weight excluding hydrogens is 364 g/mol. The zero-order valence-electron chi connectivity index (χ0n) is 16.1. The summed E-state index contributed by atoms with van der Waals surface area (Å²) in [5.41, 5.74) is 8.61. The zero-order valence-corrected chi connectivity index (χ0v) is 16.9. The lowest BCUT2D eigenvalue weighted by molar-refractivity contribution is 0.0923. The van der Waals surface area contributed by atoms with Gasteiger partial charge in [0.1, 0.15) is 0 Å². The Kier molecular flexibility index (Phi) is 5.83. The van der Waals surface area contributed by atoms with E-state index >= 15 is 0 Å². The number of carbonyl (C=O) groups is 1. The molecular formula is C19H30N4O3S. The van der Waals surface area contributed by atoms with Gasteiger partial charge in [-0.15, -0.1) is 0 Å². The van der Waals surface area contributed by atoms with Gasteiger partial charge in [0.2, 0.25) is 0 Å². The molecule has 4 N–H and O–H groups in total. The van der Waals surface area contributed by atoms with Crippen LogP contribution in [0.25, 0.3) is 0 Å². The number of nitrogen functional groups attached to an aromatic ring is 1. The molecule has 1 aliphatic heterocycles. The van der Waals surface area contributed by atoms with Gasteiger partial charge in [-0.2, -0.15) is 0 Å². The van der Waals surface area contributed by atoms with E-state index in [0.29, 0.717) is 24.3 Å². The minimum absolute atomic E-state index is 0.105. The maximum Gasteiger partial charge on any atom is 0.253 e. The maximum atomic E-state index is 13.0. The fourth-order valence-electron chi connectivity index (χ4n) is 3.89. The Labute approximate surface area is 161 Å². The van der Waals surface area contributed by atoms with Gasteiger partial charge < -0.3 is 21.3 Å². The molecule has 0 unspecified atom stereocenters. The molecule has 0 atom stereocenters. The number of hydrogen-bond acceptors (Lipinski definition) is 6. The minimum Gasteiger partial charge on any atom is -0.397 e. The van der Waals surface area contributed by atoms with Gasteiger partial charge in [-0.1, -0.05) is 6.92 Å². The first-order valence-electron chi connectivity index (χ1n) is 9.66. The molecule has 1 aromatic carbocycles. The van der Waals surface area contributed by atoms with Crippen molar-refractivity contribution in [3.8, 4) is 0 Å². The lowest BCUT2D eigenvalue weighted by Crippen LogP contribution is -2.42. The Morgan fingerprint density at radius 2 is 1.78 bits per heavy atom. The molecule has 27 heavy (non-hydrogen) atoms. The van der Waals surface area contributed by atoms with Crippen LogP contribution in [0.15, 0.2) is 12.1 Å². The standard InChI is InChI=1S/C19H30N4O3S/c1-13-3-5-14(6-4-13)22-19(24)15-11-16(20)17(21-2)12-18(15)23-7-9-27(25,26)10-8-23/h11-14,21H,3-10,20H2,1-2H3,(H,22,24)/t13-,14-. The third-order valence-electron chi connectivity index (χ3n) is 5.72. The van der Waals surface area contributed by atoms with Crippen molar-refractivity contribution in [2.45, 2.75) is 38.6 Å². The Morgan fingerprint density at radius 1 is 1.15 bits per heavy atom. The zero-order chi connectivity index (χ0) is 19.6. The molecule has 1 aliphatic carbocycles. The van der Waals surface area contributed by atoms with E-state index in [1.165, 1.54) is 0 Å². The first-order valence-corrected chi connectivity index (χ1v) is 11.5.